The van der Waals surface area contributed by atoms with Crippen molar-refractivity contribution in [1.29, 1.82) is 0 Å². The Bertz CT molecular complexity index is 553. The van der Waals surface area contributed by atoms with Gasteiger partial charge in [-0.1, -0.05) is 18.2 Å². The van der Waals surface area contributed by atoms with E-state index < -0.39 is 0 Å². The highest BCUT2D eigenvalue weighted by atomic mass is 16.3. The number of para-hydroxylation sites is 1. The molecule has 2 aromatic rings. The van der Waals surface area contributed by atoms with Gasteiger partial charge < -0.3 is 10.0 Å². The highest BCUT2D eigenvalue weighted by Crippen LogP contribution is 2.25. The monoisotopic (exact) mass is 228 g/mol. The lowest BCUT2D eigenvalue weighted by molar-refractivity contribution is 0.198. The molecule has 1 aliphatic rings. The van der Waals surface area contributed by atoms with Crippen molar-refractivity contribution in [3.63, 3.8) is 0 Å². The summed E-state index contributed by atoms with van der Waals surface area (Å²) >= 11 is 0. The molecule has 3 rings (SSSR count). The van der Waals surface area contributed by atoms with Crippen LogP contribution in [0.3, 0.4) is 0 Å². The van der Waals surface area contributed by atoms with Crippen molar-refractivity contribution in [1.82, 2.24) is 4.98 Å². The van der Waals surface area contributed by atoms with Gasteiger partial charge in [-0.15, -0.1) is 0 Å². The second-order valence-electron chi connectivity index (χ2n) is 4.71. The Hall–Kier alpha value is -1.61. The smallest absolute Gasteiger partial charge is 0.132 e. The fraction of sp³-hybridized carbons (Fsp3) is 0.357. The fourth-order valence-corrected chi connectivity index (χ4v) is 2.47. The third-order valence-corrected chi connectivity index (χ3v) is 3.35. The summed E-state index contributed by atoms with van der Waals surface area (Å²) in [5.74, 6) is 1.01. The second kappa shape index (κ2) is 4.00. The number of pyridine rings is 1. The molecule has 0 bridgehead atoms. The summed E-state index contributed by atoms with van der Waals surface area (Å²) in [5, 5.41) is 10.8. The zero-order valence-electron chi connectivity index (χ0n) is 9.93. The van der Waals surface area contributed by atoms with E-state index in [1.165, 1.54) is 10.9 Å². The summed E-state index contributed by atoms with van der Waals surface area (Å²) in [6.45, 7) is 3.68. The predicted molar refractivity (Wildman–Crippen MR) is 69.3 cm³/mol. The van der Waals surface area contributed by atoms with Crippen molar-refractivity contribution < 1.29 is 5.11 Å². The lowest BCUT2D eigenvalue weighted by Crippen LogP contribution is -2.23. The molecule has 2 heterocycles. The average molecular weight is 228 g/mol. The summed E-state index contributed by atoms with van der Waals surface area (Å²) < 4.78 is 0. The highest BCUT2D eigenvalue weighted by Gasteiger charge is 2.22. The number of hydrogen-bond donors (Lipinski definition) is 1. The van der Waals surface area contributed by atoms with Crippen LogP contribution in [0.1, 0.15) is 12.0 Å². The van der Waals surface area contributed by atoms with Crippen molar-refractivity contribution in [2.45, 2.75) is 19.4 Å². The molecule has 1 aromatic carbocycles. The Morgan fingerprint density at radius 3 is 2.94 bits per heavy atom. The summed E-state index contributed by atoms with van der Waals surface area (Å²) in [6.07, 6.45) is 0.635. The molecule has 0 amide bonds. The van der Waals surface area contributed by atoms with Crippen molar-refractivity contribution >= 4 is 16.7 Å². The van der Waals surface area contributed by atoms with E-state index in [1.54, 1.807) is 0 Å². The summed E-state index contributed by atoms with van der Waals surface area (Å²) in [6, 6.07) is 10.3. The standard InChI is InChI=1S/C14H16N2O/c1-10-8-11-4-2-3-5-13(11)15-14(10)16-7-6-12(17)9-16/h2-5,8,12,17H,6-7,9H2,1H3/t12-/m1/s1. The van der Waals surface area contributed by atoms with E-state index in [1.807, 2.05) is 18.2 Å². The van der Waals surface area contributed by atoms with Crippen LogP contribution >= 0.6 is 0 Å². The number of aryl methyl sites for hydroxylation is 1. The number of nitrogens with zero attached hydrogens (tertiary/aromatic N) is 2. The average Bonchev–Trinajstić information content (AvgIpc) is 2.75. The number of fused-ring (bicyclic) bond motifs is 1. The van der Waals surface area contributed by atoms with E-state index in [0.717, 1.165) is 24.3 Å². The molecule has 3 heteroatoms. The van der Waals surface area contributed by atoms with E-state index in [2.05, 4.69) is 24.0 Å². The van der Waals surface area contributed by atoms with Gasteiger partial charge >= 0.3 is 0 Å². The van der Waals surface area contributed by atoms with Gasteiger partial charge in [-0.25, -0.2) is 4.98 Å². The van der Waals surface area contributed by atoms with Crippen molar-refractivity contribution in [2.24, 2.45) is 0 Å². The molecule has 1 N–H and O–H groups in total. The van der Waals surface area contributed by atoms with E-state index in [9.17, 15) is 5.11 Å². The topological polar surface area (TPSA) is 36.4 Å². The van der Waals surface area contributed by atoms with E-state index in [-0.39, 0.29) is 6.10 Å². The van der Waals surface area contributed by atoms with Gasteiger partial charge in [0.1, 0.15) is 5.82 Å². The zero-order valence-corrected chi connectivity index (χ0v) is 9.93. The number of aliphatic hydroxyl groups is 1. The van der Waals surface area contributed by atoms with E-state index in [0.29, 0.717) is 6.54 Å². The molecular formula is C14H16N2O. The van der Waals surface area contributed by atoms with Crippen molar-refractivity contribution in [3.05, 3.63) is 35.9 Å². The van der Waals surface area contributed by atoms with Gasteiger partial charge in [0.2, 0.25) is 0 Å². The molecule has 1 atom stereocenters. The summed E-state index contributed by atoms with van der Waals surface area (Å²) in [4.78, 5) is 6.88. The SMILES string of the molecule is Cc1cc2ccccc2nc1N1CC[C@@H](O)C1. The molecule has 3 nitrogen and oxygen atoms in total. The minimum atomic E-state index is -0.206. The number of β-amino-alcohol motifs (C(OH)–C–C–N with tert-alkyl or cyclic N) is 1. The van der Waals surface area contributed by atoms with Gasteiger partial charge in [0.25, 0.3) is 0 Å². The van der Waals surface area contributed by atoms with Crippen LogP contribution in [0.4, 0.5) is 5.82 Å². The first-order valence-corrected chi connectivity index (χ1v) is 6.03. The number of hydrogen-bond acceptors (Lipinski definition) is 3. The number of benzene rings is 1. The van der Waals surface area contributed by atoms with Gasteiger partial charge in [-0.2, -0.15) is 0 Å². The number of aliphatic hydroxyl groups excluding tert-OH is 1. The minimum Gasteiger partial charge on any atom is -0.391 e. The number of rotatable bonds is 1. The first-order valence-electron chi connectivity index (χ1n) is 6.03. The first-order chi connectivity index (χ1) is 8.24. The van der Waals surface area contributed by atoms with Gasteiger partial charge in [-0.3, -0.25) is 0 Å². The normalized spacial score (nSPS) is 20.1. The Kier molecular flexibility index (Phi) is 2.48. The molecule has 0 radical (unpaired) electrons. The molecular weight excluding hydrogens is 212 g/mol. The molecule has 1 saturated heterocycles. The van der Waals surface area contributed by atoms with Gasteiger partial charge in [-0.05, 0) is 31.0 Å². The third kappa shape index (κ3) is 1.87. The Morgan fingerprint density at radius 2 is 2.18 bits per heavy atom. The maximum atomic E-state index is 9.60. The van der Waals surface area contributed by atoms with Crippen LogP contribution in [0.15, 0.2) is 30.3 Å². The maximum absolute atomic E-state index is 9.60. The fourth-order valence-electron chi connectivity index (χ4n) is 2.47. The van der Waals surface area contributed by atoms with Crippen LogP contribution in [0.25, 0.3) is 10.9 Å². The Morgan fingerprint density at radius 1 is 1.35 bits per heavy atom. The lowest BCUT2D eigenvalue weighted by Gasteiger charge is -2.19. The van der Waals surface area contributed by atoms with E-state index >= 15 is 0 Å². The molecule has 17 heavy (non-hydrogen) atoms. The highest BCUT2D eigenvalue weighted by molar-refractivity contribution is 5.81. The molecule has 1 fully saturated rings. The summed E-state index contributed by atoms with van der Waals surface area (Å²) in [7, 11) is 0. The minimum absolute atomic E-state index is 0.206. The van der Waals surface area contributed by atoms with Crippen LogP contribution in [0.2, 0.25) is 0 Å². The molecule has 0 saturated carbocycles. The van der Waals surface area contributed by atoms with E-state index in [4.69, 9.17) is 4.98 Å². The quantitative estimate of drug-likeness (QED) is 0.812. The largest absolute Gasteiger partial charge is 0.391 e. The molecule has 1 aromatic heterocycles. The summed E-state index contributed by atoms with van der Waals surface area (Å²) in [5.41, 5.74) is 2.20. The Labute approximate surface area is 101 Å². The van der Waals surface area contributed by atoms with Gasteiger partial charge in [0.05, 0.1) is 11.6 Å². The van der Waals surface area contributed by atoms with Crippen LogP contribution in [0, 0.1) is 6.92 Å². The van der Waals surface area contributed by atoms with Gasteiger partial charge in [0, 0.05) is 18.5 Å². The Balaban J connectivity index is 2.07. The first kappa shape index (κ1) is 10.5. The molecule has 0 unspecified atom stereocenters. The van der Waals surface area contributed by atoms with Crippen LogP contribution in [-0.4, -0.2) is 29.3 Å². The maximum Gasteiger partial charge on any atom is 0.132 e. The zero-order chi connectivity index (χ0) is 11.8. The van der Waals surface area contributed by atoms with Gasteiger partial charge in [0.15, 0.2) is 0 Å². The van der Waals surface area contributed by atoms with Crippen LogP contribution in [-0.2, 0) is 0 Å². The molecule has 0 spiro atoms. The molecule has 0 aliphatic carbocycles. The molecule has 88 valence electrons. The van der Waals surface area contributed by atoms with Crippen LogP contribution < -0.4 is 4.90 Å². The third-order valence-electron chi connectivity index (χ3n) is 3.35. The lowest BCUT2D eigenvalue weighted by atomic mass is 10.1. The van der Waals surface area contributed by atoms with Crippen molar-refractivity contribution in [2.75, 3.05) is 18.0 Å². The predicted octanol–water partition coefficient (Wildman–Crippen LogP) is 2.11. The molecule has 1 aliphatic heterocycles. The number of anilines is 1. The second-order valence-corrected chi connectivity index (χ2v) is 4.71. The van der Waals surface area contributed by atoms with Crippen LogP contribution in [0.5, 0.6) is 0 Å². The number of aromatic nitrogens is 1. The van der Waals surface area contributed by atoms with Crippen molar-refractivity contribution in [3.8, 4) is 0 Å².